The fourth-order valence-corrected chi connectivity index (χ4v) is 4.11. The maximum Gasteiger partial charge on any atom is 0.0707 e. The minimum absolute atomic E-state index is 0.446. The second-order valence-electron chi connectivity index (χ2n) is 7.60. The fraction of sp³-hybridized carbons (Fsp3) is 1.00. The Bertz CT molecular complexity index is 323. The highest BCUT2D eigenvalue weighted by Crippen LogP contribution is 2.24. The van der Waals surface area contributed by atoms with Gasteiger partial charge in [0.25, 0.3) is 0 Å². The molecule has 21 heavy (non-hydrogen) atoms. The van der Waals surface area contributed by atoms with Gasteiger partial charge in [-0.1, -0.05) is 13.8 Å². The molecule has 0 amide bonds. The predicted molar refractivity (Wildman–Crippen MR) is 86.6 cm³/mol. The van der Waals surface area contributed by atoms with Crippen molar-refractivity contribution >= 4 is 0 Å². The third-order valence-electron chi connectivity index (χ3n) is 5.25. The summed E-state index contributed by atoms with van der Waals surface area (Å²) < 4.78 is 6.24. The van der Waals surface area contributed by atoms with Crippen molar-refractivity contribution in [2.75, 3.05) is 45.8 Å². The summed E-state index contributed by atoms with van der Waals surface area (Å²) in [4.78, 5) is 5.34. The van der Waals surface area contributed by atoms with Gasteiger partial charge >= 0.3 is 0 Å². The Hall–Kier alpha value is -0.160. The van der Waals surface area contributed by atoms with Gasteiger partial charge in [-0.25, -0.2) is 0 Å². The van der Waals surface area contributed by atoms with E-state index in [0.29, 0.717) is 12.2 Å². The van der Waals surface area contributed by atoms with Crippen LogP contribution in [0.25, 0.3) is 0 Å². The van der Waals surface area contributed by atoms with Gasteiger partial charge in [-0.05, 0) is 44.7 Å². The largest absolute Gasteiger partial charge is 0.372 e. The third-order valence-corrected chi connectivity index (χ3v) is 5.25. The van der Waals surface area contributed by atoms with Crippen molar-refractivity contribution in [3.05, 3.63) is 0 Å². The van der Waals surface area contributed by atoms with Crippen LogP contribution >= 0.6 is 0 Å². The molecule has 0 radical (unpaired) electrons. The summed E-state index contributed by atoms with van der Waals surface area (Å²) in [6.07, 6.45) is 6.22. The molecule has 0 aromatic carbocycles. The topological polar surface area (TPSA) is 27.7 Å². The SMILES string of the molecule is CC(C)CNCC1CCC(CN2CCN3CCCC3C2)O1. The molecule has 0 aliphatic carbocycles. The van der Waals surface area contributed by atoms with Crippen molar-refractivity contribution in [2.24, 2.45) is 5.92 Å². The number of fused-ring (bicyclic) bond motifs is 1. The first-order chi connectivity index (χ1) is 10.2. The van der Waals surface area contributed by atoms with Crippen LogP contribution < -0.4 is 5.32 Å². The highest BCUT2D eigenvalue weighted by atomic mass is 16.5. The van der Waals surface area contributed by atoms with Crippen LogP contribution in [-0.2, 0) is 4.74 Å². The maximum atomic E-state index is 6.24. The molecule has 3 atom stereocenters. The maximum absolute atomic E-state index is 6.24. The van der Waals surface area contributed by atoms with Crippen molar-refractivity contribution in [3.8, 4) is 0 Å². The Morgan fingerprint density at radius 2 is 1.95 bits per heavy atom. The number of hydrogen-bond acceptors (Lipinski definition) is 4. The lowest BCUT2D eigenvalue weighted by atomic mass is 10.1. The van der Waals surface area contributed by atoms with E-state index in [9.17, 15) is 0 Å². The molecule has 1 N–H and O–H groups in total. The van der Waals surface area contributed by atoms with Crippen LogP contribution in [0.5, 0.6) is 0 Å². The molecular weight excluding hydrogens is 262 g/mol. The second kappa shape index (κ2) is 7.40. The molecule has 3 aliphatic heterocycles. The highest BCUT2D eigenvalue weighted by molar-refractivity contribution is 4.88. The molecule has 0 bridgehead atoms. The number of nitrogens with zero attached hydrogens (tertiary/aromatic N) is 2. The lowest BCUT2D eigenvalue weighted by molar-refractivity contribution is 0.00695. The van der Waals surface area contributed by atoms with Crippen LogP contribution in [0.4, 0.5) is 0 Å². The molecule has 3 heterocycles. The molecule has 122 valence electrons. The molecule has 4 nitrogen and oxygen atoms in total. The number of rotatable bonds is 6. The van der Waals surface area contributed by atoms with Gasteiger partial charge in [0.15, 0.2) is 0 Å². The number of nitrogens with one attached hydrogen (secondary N) is 1. The van der Waals surface area contributed by atoms with Crippen molar-refractivity contribution in [1.29, 1.82) is 0 Å². The van der Waals surface area contributed by atoms with Gasteiger partial charge in [0.1, 0.15) is 0 Å². The van der Waals surface area contributed by atoms with E-state index in [1.54, 1.807) is 0 Å². The zero-order valence-corrected chi connectivity index (χ0v) is 13.9. The van der Waals surface area contributed by atoms with Gasteiger partial charge in [0.2, 0.25) is 0 Å². The summed E-state index contributed by atoms with van der Waals surface area (Å²) in [6.45, 7) is 12.9. The zero-order chi connectivity index (χ0) is 14.7. The van der Waals surface area contributed by atoms with Crippen LogP contribution in [0.1, 0.15) is 39.5 Å². The standard InChI is InChI=1S/C17H33N3O/c1-14(2)10-18-11-16-5-6-17(21-16)13-19-8-9-20-7-3-4-15(20)12-19/h14-18H,3-13H2,1-2H3. The molecule has 3 fully saturated rings. The molecule has 0 saturated carbocycles. The van der Waals surface area contributed by atoms with E-state index in [-0.39, 0.29) is 0 Å². The molecule has 0 aromatic rings. The van der Waals surface area contributed by atoms with Gasteiger partial charge < -0.3 is 10.1 Å². The van der Waals surface area contributed by atoms with Crippen LogP contribution in [0.2, 0.25) is 0 Å². The summed E-state index contributed by atoms with van der Waals surface area (Å²) in [5.41, 5.74) is 0. The molecule has 4 heteroatoms. The van der Waals surface area contributed by atoms with Crippen LogP contribution in [0.3, 0.4) is 0 Å². The minimum Gasteiger partial charge on any atom is -0.372 e. The van der Waals surface area contributed by atoms with Crippen LogP contribution in [0, 0.1) is 5.92 Å². The van der Waals surface area contributed by atoms with Gasteiger partial charge in [0, 0.05) is 38.8 Å². The first-order valence-electron chi connectivity index (χ1n) is 9.03. The Morgan fingerprint density at radius 1 is 1.10 bits per heavy atom. The van der Waals surface area contributed by atoms with Gasteiger partial charge in [0.05, 0.1) is 12.2 Å². The third kappa shape index (κ3) is 4.41. The Labute approximate surface area is 130 Å². The molecule has 3 unspecified atom stereocenters. The Balaban J connectivity index is 1.35. The van der Waals surface area contributed by atoms with E-state index in [1.165, 1.54) is 51.9 Å². The van der Waals surface area contributed by atoms with Crippen molar-refractivity contribution in [1.82, 2.24) is 15.1 Å². The first kappa shape index (κ1) is 15.7. The lowest BCUT2D eigenvalue weighted by Gasteiger charge is -2.38. The number of hydrogen-bond donors (Lipinski definition) is 1. The molecule has 3 saturated heterocycles. The van der Waals surface area contributed by atoms with E-state index >= 15 is 0 Å². The second-order valence-corrected chi connectivity index (χ2v) is 7.60. The van der Waals surface area contributed by atoms with Gasteiger partial charge in [-0.15, -0.1) is 0 Å². The van der Waals surface area contributed by atoms with Gasteiger partial charge in [-0.2, -0.15) is 0 Å². The van der Waals surface area contributed by atoms with Crippen molar-refractivity contribution in [3.63, 3.8) is 0 Å². The Kier molecular flexibility index (Phi) is 5.54. The summed E-state index contributed by atoms with van der Waals surface area (Å²) >= 11 is 0. The average molecular weight is 295 g/mol. The molecule has 0 spiro atoms. The van der Waals surface area contributed by atoms with Crippen LogP contribution in [0.15, 0.2) is 0 Å². The smallest absolute Gasteiger partial charge is 0.0707 e. The van der Waals surface area contributed by atoms with Gasteiger partial charge in [-0.3, -0.25) is 9.80 Å². The summed E-state index contributed by atoms with van der Waals surface area (Å²) in [7, 11) is 0. The van der Waals surface area contributed by atoms with E-state index in [2.05, 4.69) is 29.0 Å². The first-order valence-corrected chi connectivity index (χ1v) is 9.03. The number of ether oxygens (including phenoxy) is 1. The number of piperazine rings is 1. The van der Waals surface area contributed by atoms with E-state index in [4.69, 9.17) is 4.74 Å². The zero-order valence-electron chi connectivity index (χ0n) is 13.9. The van der Waals surface area contributed by atoms with Crippen LogP contribution in [-0.4, -0.2) is 73.9 Å². The molecular formula is C17H33N3O. The Morgan fingerprint density at radius 3 is 2.81 bits per heavy atom. The average Bonchev–Trinajstić information content (AvgIpc) is 3.07. The molecule has 0 aromatic heterocycles. The normalized spacial score (nSPS) is 34.7. The van der Waals surface area contributed by atoms with Crippen molar-refractivity contribution in [2.45, 2.75) is 57.8 Å². The summed E-state index contributed by atoms with van der Waals surface area (Å²) in [5.74, 6) is 0.727. The monoisotopic (exact) mass is 295 g/mol. The van der Waals surface area contributed by atoms with E-state index < -0.39 is 0 Å². The summed E-state index contributed by atoms with van der Waals surface area (Å²) in [5, 5.41) is 3.54. The molecule has 3 rings (SSSR count). The van der Waals surface area contributed by atoms with E-state index in [1.807, 2.05) is 0 Å². The minimum atomic E-state index is 0.446. The van der Waals surface area contributed by atoms with Crippen molar-refractivity contribution < 1.29 is 4.74 Å². The predicted octanol–water partition coefficient (Wildman–Crippen LogP) is 1.56. The molecule has 3 aliphatic rings. The quantitative estimate of drug-likeness (QED) is 0.805. The summed E-state index contributed by atoms with van der Waals surface area (Å²) in [6, 6.07) is 0.837. The fourth-order valence-electron chi connectivity index (χ4n) is 4.11. The highest BCUT2D eigenvalue weighted by Gasteiger charge is 2.33. The van der Waals surface area contributed by atoms with E-state index in [0.717, 1.165) is 31.6 Å². The lowest BCUT2D eigenvalue weighted by Crippen LogP contribution is -2.51.